The van der Waals surface area contributed by atoms with Gasteiger partial charge in [0.2, 0.25) is 0 Å². The van der Waals surface area contributed by atoms with Crippen LogP contribution in [0.4, 0.5) is 0 Å². The molecule has 0 N–H and O–H groups in total. The van der Waals surface area contributed by atoms with Crippen molar-refractivity contribution >= 4 is 69.8 Å². The molecule has 0 radical (unpaired) electrons. The molecule has 5 aromatic rings. The third-order valence-corrected chi connectivity index (χ3v) is 6.62. The third kappa shape index (κ3) is 2.40. The fourth-order valence-electron chi connectivity index (χ4n) is 3.54. The minimum Gasteiger partial charge on any atom is -0.135 e. The predicted molar refractivity (Wildman–Crippen MR) is 115 cm³/mol. The molecule has 120 valence electrons. The molecule has 3 heteroatoms. The van der Waals surface area contributed by atoms with Crippen molar-refractivity contribution in [2.45, 2.75) is 0 Å². The zero-order valence-corrected chi connectivity index (χ0v) is 16.3. The molecule has 0 bridgehead atoms. The molecule has 0 unspecified atom stereocenters. The molecule has 0 saturated heterocycles. The highest BCUT2D eigenvalue weighted by Gasteiger charge is 2.14. The van der Waals surface area contributed by atoms with Gasteiger partial charge in [-0.3, -0.25) is 0 Å². The fraction of sp³-hybridized carbons (Fsp3) is 0. The van der Waals surface area contributed by atoms with Crippen LogP contribution in [0.15, 0.2) is 77.3 Å². The van der Waals surface area contributed by atoms with Gasteiger partial charge in [0.1, 0.15) is 0 Å². The van der Waals surface area contributed by atoms with Crippen molar-refractivity contribution in [2.24, 2.45) is 0 Å². The maximum absolute atomic E-state index is 6.19. The Labute approximate surface area is 162 Å². The third-order valence-electron chi connectivity index (χ3n) is 4.60. The Kier molecular flexibility index (Phi) is 3.60. The van der Waals surface area contributed by atoms with Crippen molar-refractivity contribution in [3.63, 3.8) is 0 Å². The maximum atomic E-state index is 6.19. The van der Waals surface area contributed by atoms with Gasteiger partial charge in [-0.15, -0.1) is 11.3 Å². The Morgan fingerprint density at radius 3 is 2.32 bits per heavy atom. The monoisotopic (exact) mass is 422 g/mol. The summed E-state index contributed by atoms with van der Waals surface area (Å²) in [4.78, 5) is 0. The van der Waals surface area contributed by atoms with Gasteiger partial charge in [-0.1, -0.05) is 70.0 Å². The summed E-state index contributed by atoms with van der Waals surface area (Å²) in [7, 11) is 0. The molecule has 0 aliphatic carbocycles. The maximum Gasteiger partial charge on any atom is 0.0412 e. The summed E-state index contributed by atoms with van der Waals surface area (Å²) >= 11 is 11.8. The van der Waals surface area contributed by atoms with Crippen molar-refractivity contribution in [3.05, 3.63) is 82.3 Å². The molecule has 1 heterocycles. The lowest BCUT2D eigenvalue weighted by Crippen LogP contribution is -1.83. The SMILES string of the molecule is Clc1ccc2c(-c3cccc4sc5cccc(Br)c5c34)cccc2c1. The Hall–Kier alpha value is -1.87. The first kappa shape index (κ1) is 15.4. The molecule has 0 fully saturated rings. The molecular weight excluding hydrogens is 412 g/mol. The van der Waals surface area contributed by atoms with Gasteiger partial charge in [-0.25, -0.2) is 0 Å². The van der Waals surface area contributed by atoms with Gasteiger partial charge in [0, 0.05) is 29.7 Å². The van der Waals surface area contributed by atoms with Crippen molar-refractivity contribution in [2.75, 3.05) is 0 Å². The lowest BCUT2D eigenvalue weighted by atomic mass is 9.95. The van der Waals surface area contributed by atoms with Gasteiger partial charge in [-0.05, 0) is 52.2 Å². The fourth-order valence-corrected chi connectivity index (χ4v) is 5.57. The molecule has 0 atom stereocenters. The van der Waals surface area contributed by atoms with Crippen LogP contribution < -0.4 is 0 Å². The molecule has 0 saturated carbocycles. The summed E-state index contributed by atoms with van der Waals surface area (Å²) in [5.74, 6) is 0. The second-order valence-corrected chi connectivity index (χ2v) is 8.44. The molecule has 0 nitrogen and oxygen atoms in total. The summed E-state index contributed by atoms with van der Waals surface area (Å²) in [5, 5.41) is 5.78. The first-order valence-electron chi connectivity index (χ1n) is 8.01. The summed E-state index contributed by atoms with van der Waals surface area (Å²) in [5.41, 5.74) is 2.51. The van der Waals surface area contributed by atoms with E-state index in [1.807, 2.05) is 23.5 Å². The smallest absolute Gasteiger partial charge is 0.0412 e. The number of rotatable bonds is 1. The Balaban J connectivity index is 1.95. The quantitative estimate of drug-likeness (QED) is 0.254. The predicted octanol–water partition coefficient (Wildman–Crippen LogP) is 8.29. The second kappa shape index (κ2) is 5.84. The van der Waals surface area contributed by atoms with Crippen LogP contribution in [0, 0.1) is 0 Å². The number of thiophene rings is 1. The molecule has 1 aromatic heterocycles. The van der Waals surface area contributed by atoms with E-state index in [-0.39, 0.29) is 0 Å². The average molecular weight is 424 g/mol. The normalized spacial score (nSPS) is 11.6. The second-order valence-electron chi connectivity index (χ2n) is 6.06. The largest absolute Gasteiger partial charge is 0.135 e. The van der Waals surface area contributed by atoms with Gasteiger partial charge < -0.3 is 0 Å². The van der Waals surface area contributed by atoms with Crippen molar-refractivity contribution < 1.29 is 0 Å². The van der Waals surface area contributed by atoms with Gasteiger partial charge in [-0.2, -0.15) is 0 Å². The van der Waals surface area contributed by atoms with E-state index in [0.29, 0.717) is 0 Å². The molecular formula is C22H12BrClS. The summed E-state index contributed by atoms with van der Waals surface area (Å²) < 4.78 is 3.76. The van der Waals surface area contributed by atoms with Crippen LogP contribution in [0.25, 0.3) is 42.1 Å². The van der Waals surface area contributed by atoms with E-state index in [0.717, 1.165) is 9.50 Å². The Morgan fingerprint density at radius 1 is 0.720 bits per heavy atom. The molecule has 0 aliphatic heterocycles. The van der Waals surface area contributed by atoms with E-state index in [9.17, 15) is 0 Å². The molecule has 25 heavy (non-hydrogen) atoms. The van der Waals surface area contributed by atoms with Crippen LogP contribution in [0.2, 0.25) is 5.02 Å². The molecule has 4 aromatic carbocycles. The van der Waals surface area contributed by atoms with Crippen LogP contribution >= 0.6 is 38.9 Å². The number of hydrogen-bond acceptors (Lipinski definition) is 1. The molecule has 0 amide bonds. The Bertz CT molecular complexity index is 1270. The molecule has 5 rings (SSSR count). The van der Waals surface area contributed by atoms with E-state index in [1.54, 1.807) is 0 Å². The van der Waals surface area contributed by atoms with Crippen molar-refractivity contribution in [3.8, 4) is 11.1 Å². The minimum atomic E-state index is 0.770. The van der Waals surface area contributed by atoms with Crippen LogP contribution in [-0.4, -0.2) is 0 Å². The number of hydrogen-bond donors (Lipinski definition) is 0. The van der Waals surface area contributed by atoms with Crippen LogP contribution in [-0.2, 0) is 0 Å². The van der Waals surface area contributed by atoms with E-state index in [4.69, 9.17) is 11.6 Å². The van der Waals surface area contributed by atoms with Gasteiger partial charge in [0.05, 0.1) is 0 Å². The van der Waals surface area contributed by atoms with Gasteiger partial charge >= 0.3 is 0 Å². The first-order valence-corrected chi connectivity index (χ1v) is 9.99. The van der Waals surface area contributed by atoms with Crippen LogP contribution in [0.3, 0.4) is 0 Å². The minimum absolute atomic E-state index is 0.770. The molecule has 0 spiro atoms. The zero-order valence-electron chi connectivity index (χ0n) is 13.1. The number of halogens is 2. The van der Waals surface area contributed by atoms with E-state index >= 15 is 0 Å². The van der Waals surface area contributed by atoms with Crippen molar-refractivity contribution in [1.29, 1.82) is 0 Å². The Morgan fingerprint density at radius 2 is 1.44 bits per heavy atom. The number of benzene rings is 4. The lowest BCUT2D eigenvalue weighted by Gasteiger charge is -2.10. The highest BCUT2D eigenvalue weighted by atomic mass is 79.9. The summed E-state index contributed by atoms with van der Waals surface area (Å²) in [6.07, 6.45) is 0. The van der Waals surface area contributed by atoms with E-state index < -0.39 is 0 Å². The first-order chi connectivity index (χ1) is 12.2. The molecule has 0 aliphatic rings. The van der Waals surface area contributed by atoms with Crippen molar-refractivity contribution in [1.82, 2.24) is 0 Å². The van der Waals surface area contributed by atoms with Gasteiger partial charge in [0.25, 0.3) is 0 Å². The topological polar surface area (TPSA) is 0 Å². The van der Waals surface area contributed by atoms with E-state index in [1.165, 1.54) is 42.1 Å². The average Bonchev–Trinajstić information content (AvgIpc) is 3.01. The highest BCUT2D eigenvalue weighted by molar-refractivity contribution is 9.10. The standard InChI is InChI=1S/C22H12BrClS/c23-18-7-3-9-20-22(18)21-17(6-2-8-19(21)25-20)16-5-1-4-13-12-14(24)10-11-15(13)16/h1-12H. The van der Waals surface area contributed by atoms with E-state index in [2.05, 4.69) is 76.6 Å². The van der Waals surface area contributed by atoms with Crippen LogP contribution in [0.5, 0.6) is 0 Å². The van der Waals surface area contributed by atoms with Gasteiger partial charge in [0.15, 0.2) is 0 Å². The zero-order chi connectivity index (χ0) is 17.0. The summed E-state index contributed by atoms with van der Waals surface area (Å²) in [6, 6.07) is 25.5. The summed E-state index contributed by atoms with van der Waals surface area (Å²) in [6.45, 7) is 0. The lowest BCUT2D eigenvalue weighted by molar-refractivity contribution is 1.70. The highest BCUT2D eigenvalue weighted by Crippen LogP contribution is 2.44. The van der Waals surface area contributed by atoms with Crippen LogP contribution in [0.1, 0.15) is 0 Å². The number of fused-ring (bicyclic) bond motifs is 4.